The molecular weight excluding hydrogens is 250 g/mol. The molecule has 0 aromatic rings. The average molecular weight is 281 g/mol. The molecular formula is C16H31N3O. The number of carbonyl (C=O) groups excluding carboxylic acids is 1. The van der Waals surface area contributed by atoms with Crippen LogP contribution in [0.4, 0.5) is 0 Å². The Balaban J connectivity index is 1.59. The lowest BCUT2D eigenvalue weighted by molar-refractivity contribution is -0.122. The fourth-order valence-electron chi connectivity index (χ4n) is 3.61. The number of carbonyl (C=O) groups is 1. The molecule has 1 amide bonds. The van der Waals surface area contributed by atoms with Crippen LogP contribution in [0, 0.1) is 11.8 Å². The fourth-order valence-corrected chi connectivity index (χ4v) is 3.61. The van der Waals surface area contributed by atoms with Crippen LogP contribution in [-0.2, 0) is 4.79 Å². The lowest BCUT2D eigenvalue weighted by Crippen LogP contribution is -2.36. The first-order valence-corrected chi connectivity index (χ1v) is 8.38. The van der Waals surface area contributed by atoms with Crippen LogP contribution in [0.15, 0.2) is 0 Å². The van der Waals surface area contributed by atoms with E-state index in [0.29, 0.717) is 24.3 Å². The summed E-state index contributed by atoms with van der Waals surface area (Å²) in [6.07, 6.45) is 7.85. The fraction of sp³-hybridized carbons (Fsp3) is 0.938. The van der Waals surface area contributed by atoms with Crippen molar-refractivity contribution in [3.63, 3.8) is 0 Å². The van der Waals surface area contributed by atoms with E-state index in [1.165, 1.54) is 38.8 Å². The Morgan fingerprint density at radius 3 is 2.75 bits per heavy atom. The predicted octanol–water partition coefficient (Wildman–Crippen LogP) is 1.74. The van der Waals surface area contributed by atoms with Crippen molar-refractivity contribution in [1.82, 2.24) is 10.2 Å². The van der Waals surface area contributed by atoms with E-state index < -0.39 is 0 Å². The molecule has 2 rings (SSSR count). The maximum Gasteiger partial charge on any atom is 0.220 e. The summed E-state index contributed by atoms with van der Waals surface area (Å²) in [5.41, 5.74) is 5.98. The molecule has 4 nitrogen and oxygen atoms in total. The van der Waals surface area contributed by atoms with E-state index in [0.717, 1.165) is 25.9 Å². The third kappa shape index (κ3) is 5.41. The molecule has 0 aromatic carbocycles. The lowest BCUT2D eigenvalue weighted by atomic mass is 9.84. The minimum atomic E-state index is 0.220. The van der Waals surface area contributed by atoms with E-state index in [1.807, 2.05) is 0 Å². The number of nitrogens with two attached hydrogens (primary N) is 1. The first-order chi connectivity index (χ1) is 9.63. The molecule has 3 unspecified atom stereocenters. The van der Waals surface area contributed by atoms with E-state index in [-0.39, 0.29) is 5.91 Å². The van der Waals surface area contributed by atoms with Crippen molar-refractivity contribution < 1.29 is 4.79 Å². The number of likely N-dealkylation sites (tertiary alicyclic amines) is 1. The quantitative estimate of drug-likeness (QED) is 0.780. The molecule has 4 heteroatoms. The Bertz CT molecular complexity index is 302. The first kappa shape index (κ1) is 15.8. The highest BCUT2D eigenvalue weighted by atomic mass is 16.1. The molecule has 1 saturated carbocycles. The number of nitrogens with one attached hydrogen (secondary N) is 1. The van der Waals surface area contributed by atoms with Crippen molar-refractivity contribution in [2.45, 2.75) is 57.9 Å². The lowest BCUT2D eigenvalue weighted by Gasteiger charge is -2.26. The van der Waals surface area contributed by atoms with Gasteiger partial charge in [0.25, 0.3) is 0 Å². The van der Waals surface area contributed by atoms with Gasteiger partial charge in [0.05, 0.1) is 0 Å². The van der Waals surface area contributed by atoms with Crippen LogP contribution < -0.4 is 11.1 Å². The SMILES string of the molecule is CC(CNC(=O)CC1CCCC(N)C1)CN1CCCC1. The zero-order valence-electron chi connectivity index (χ0n) is 12.9. The van der Waals surface area contributed by atoms with Crippen molar-refractivity contribution in [2.75, 3.05) is 26.2 Å². The van der Waals surface area contributed by atoms with Gasteiger partial charge in [-0.05, 0) is 57.0 Å². The Kier molecular flexibility index (Phi) is 6.30. The van der Waals surface area contributed by atoms with Gasteiger partial charge in [0, 0.05) is 25.6 Å². The van der Waals surface area contributed by atoms with Crippen LogP contribution in [0.2, 0.25) is 0 Å². The Morgan fingerprint density at radius 1 is 1.30 bits per heavy atom. The Hall–Kier alpha value is -0.610. The van der Waals surface area contributed by atoms with Gasteiger partial charge in [-0.25, -0.2) is 0 Å². The molecule has 0 bridgehead atoms. The van der Waals surface area contributed by atoms with Gasteiger partial charge in [0.15, 0.2) is 0 Å². The standard InChI is InChI=1S/C16H31N3O/c1-13(12-19-7-2-3-8-19)11-18-16(20)10-14-5-4-6-15(17)9-14/h13-15H,2-12,17H2,1H3,(H,18,20). The highest BCUT2D eigenvalue weighted by Crippen LogP contribution is 2.25. The van der Waals surface area contributed by atoms with Crippen LogP contribution in [0.1, 0.15) is 51.9 Å². The highest BCUT2D eigenvalue weighted by Gasteiger charge is 2.22. The van der Waals surface area contributed by atoms with Crippen molar-refractivity contribution in [1.29, 1.82) is 0 Å². The largest absolute Gasteiger partial charge is 0.356 e. The second-order valence-corrected chi connectivity index (χ2v) is 6.91. The number of rotatable bonds is 6. The predicted molar refractivity (Wildman–Crippen MR) is 82.4 cm³/mol. The normalized spacial score (nSPS) is 29.3. The summed E-state index contributed by atoms with van der Waals surface area (Å²) in [7, 11) is 0. The zero-order chi connectivity index (χ0) is 14.4. The molecule has 0 aromatic heterocycles. The van der Waals surface area contributed by atoms with Crippen molar-refractivity contribution >= 4 is 5.91 Å². The molecule has 3 N–H and O–H groups in total. The van der Waals surface area contributed by atoms with Crippen LogP contribution in [-0.4, -0.2) is 43.0 Å². The summed E-state index contributed by atoms with van der Waals surface area (Å²) in [4.78, 5) is 14.5. The maximum absolute atomic E-state index is 12.0. The molecule has 1 saturated heterocycles. The minimum absolute atomic E-state index is 0.220. The molecule has 1 aliphatic heterocycles. The van der Waals surface area contributed by atoms with E-state index in [2.05, 4.69) is 17.1 Å². The zero-order valence-corrected chi connectivity index (χ0v) is 12.9. The highest BCUT2D eigenvalue weighted by molar-refractivity contribution is 5.76. The van der Waals surface area contributed by atoms with Gasteiger partial charge in [-0.1, -0.05) is 13.3 Å². The number of hydrogen-bond donors (Lipinski definition) is 2. The van der Waals surface area contributed by atoms with Gasteiger partial charge in [0.2, 0.25) is 5.91 Å². The summed E-state index contributed by atoms with van der Waals surface area (Å²) < 4.78 is 0. The van der Waals surface area contributed by atoms with E-state index in [1.54, 1.807) is 0 Å². The van der Waals surface area contributed by atoms with Crippen LogP contribution in [0.3, 0.4) is 0 Å². The van der Waals surface area contributed by atoms with Gasteiger partial charge in [0.1, 0.15) is 0 Å². The number of amides is 1. The average Bonchev–Trinajstić information content (AvgIpc) is 2.89. The third-order valence-corrected chi connectivity index (χ3v) is 4.71. The summed E-state index contributed by atoms with van der Waals surface area (Å²) in [6, 6.07) is 0.315. The molecule has 1 heterocycles. The summed E-state index contributed by atoms with van der Waals surface area (Å²) >= 11 is 0. The second kappa shape index (κ2) is 7.99. The molecule has 2 aliphatic rings. The smallest absolute Gasteiger partial charge is 0.220 e. The van der Waals surface area contributed by atoms with Crippen molar-refractivity contribution in [2.24, 2.45) is 17.6 Å². The van der Waals surface area contributed by atoms with Gasteiger partial charge in [-0.15, -0.1) is 0 Å². The van der Waals surface area contributed by atoms with E-state index >= 15 is 0 Å². The molecule has 116 valence electrons. The second-order valence-electron chi connectivity index (χ2n) is 6.91. The van der Waals surface area contributed by atoms with Gasteiger partial charge in [-0.2, -0.15) is 0 Å². The first-order valence-electron chi connectivity index (χ1n) is 8.38. The molecule has 1 aliphatic carbocycles. The van der Waals surface area contributed by atoms with Gasteiger partial charge >= 0.3 is 0 Å². The van der Waals surface area contributed by atoms with E-state index in [9.17, 15) is 4.79 Å². The maximum atomic E-state index is 12.0. The van der Waals surface area contributed by atoms with Crippen molar-refractivity contribution in [3.8, 4) is 0 Å². The summed E-state index contributed by atoms with van der Waals surface area (Å²) in [6.45, 7) is 6.63. The molecule has 0 radical (unpaired) electrons. The van der Waals surface area contributed by atoms with Gasteiger partial charge in [-0.3, -0.25) is 4.79 Å². The number of nitrogens with zero attached hydrogens (tertiary/aromatic N) is 1. The molecule has 20 heavy (non-hydrogen) atoms. The van der Waals surface area contributed by atoms with Crippen molar-refractivity contribution in [3.05, 3.63) is 0 Å². The van der Waals surface area contributed by atoms with Crippen LogP contribution in [0.5, 0.6) is 0 Å². The summed E-state index contributed by atoms with van der Waals surface area (Å²) in [5.74, 6) is 1.27. The molecule has 2 fully saturated rings. The monoisotopic (exact) mass is 281 g/mol. The third-order valence-electron chi connectivity index (χ3n) is 4.71. The minimum Gasteiger partial charge on any atom is -0.356 e. The molecule has 3 atom stereocenters. The van der Waals surface area contributed by atoms with Crippen LogP contribution >= 0.6 is 0 Å². The molecule has 0 spiro atoms. The Labute approximate surface area is 123 Å². The van der Waals surface area contributed by atoms with Gasteiger partial charge < -0.3 is 16.0 Å². The van der Waals surface area contributed by atoms with E-state index in [4.69, 9.17) is 5.73 Å². The van der Waals surface area contributed by atoms with Crippen LogP contribution in [0.25, 0.3) is 0 Å². The number of hydrogen-bond acceptors (Lipinski definition) is 3. The topological polar surface area (TPSA) is 58.4 Å². The summed E-state index contributed by atoms with van der Waals surface area (Å²) in [5, 5.41) is 3.11. The Morgan fingerprint density at radius 2 is 2.05 bits per heavy atom.